The molecule has 0 bridgehead atoms. The molecule has 1 rings (SSSR count). The van der Waals surface area contributed by atoms with Gasteiger partial charge in [0.25, 0.3) is 0 Å². The third kappa shape index (κ3) is 1.16. The van der Waals surface area contributed by atoms with Crippen molar-refractivity contribution in [2.24, 2.45) is 4.99 Å². The quantitative estimate of drug-likeness (QED) is 0.587. The molecule has 1 N–H and O–H groups in total. The topological polar surface area (TPSA) is 32.6 Å². The number of phenolic OH excluding ortho intramolecular Hbond substituents is 1. The first-order chi connectivity index (χ1) is 4.74. The van der Waals surface area contributed by atoms with E-state index in [-0.39, 0.29) is 5.75 Å². The van der Waals surface area contributed by atoms with Crippen LogP contribution >= 0.6 is 0 Å². The van der Waals surface area contributed by atoms with Gasteiger partial charge in [0.05, 0.1) is 0 Å². The number of hydrogen-bond acceptors (Lipinski definition) is 2. The van der Waals surface area contributed by atoms with Crippen molar-refractivity contribution < 1.29 is 5.11 Å². The Bertz CT molecular complexity index is 255. The Labute approximate surface area is 59.9 Å². The molecule has 0 amide bonds. The summed E-state index contributed by atoms with van der Waals surface area (Å²) >= 11 is 0. The zero-order chi connectivity index (χ0) is 7.56. The zero-order valence-electron chi connectivity index (χ0n) is 5.83. The van der Waals surface area contributed by atoms with Crippen molar-refractivity contribution in [3.8, 4) is 5.75 Å². The molecule has 0 radical (unpaired) electrons. The van der Waals surface area contributed by atoms with Crippen molar-refractivity contribution in [2.75, 3.05) is 0 Å². The largest absolute Gasteiger partial charge is 0.506 e. The summed E-state index contributed by atoms with van der Waals surface area (Å²) in [6, 6.07) is 5.21. The minimum atomic E-state index is 0.181. The number of aliphatic imine (C=N–C) groups is 1. The molecule has 2 heteroatoms. The van der Waals surface area contributed by atoms with Crippen LogP contribution in [0.25, 0.3) is 0 Å². The van der Waals surface area contributed by atoms with Gasteiger partial charge in [-0.15, -0.1) is 0 Å². The number of rotatable bonds is 1. The first-order valence-corrected chi connectivity index (χ1v) is 3.00. The van der Waals surface area contributed by atoms with E-state index < -0.39 is 0 Å². The fourth-order valence-corrected chi connectivity index (χ4v) is 0.760. The van der Waals surface area contributed by atoms with Gasteiger partial charge >= 0.3 is 0 Å². The lowest BCUT2D eigenvalue weighted by atomic mass is 10.2. The van der Waals surface area contributed by atoms with Crippen LogP contribution in [0, 0.1) is 6.92 Å². The SMILES string of the molecule is C=Nc1cc(C)ccc1O. The van der Waals surface area contributed by atoms with Crippen LogP contribution in [0.15, 0.2) is 23.2 Å². The summed E-state index contributed by atoms with van der Waals surface area (Å²) in [4.78, 5) is 3.63. The molecule has 0 saturated heterocycles. The molecule has 0 unspecified atom stereocenters. The highest BCUT2D eigenvalue weighted by Crippen LogP contribution is 2.25. The van der Waals surface area contributed by atoms with Crippen molar-refractivity contribution in [1.82, 2.24) is 0 Å². The fraction of sp³-hybridized carbons (Fsp3) is 0.125. The van der Waals surface area contributed by atoms with Crippen LogP contribution in [0.2, 0.25) is 0 Å². The van der Waals surface area contributed by atoms with Gasteiger partial charge in [-0.3, -0.25) is 4.99 Å². The van der Waals surface area contributed by atoms with E-state index >= 15 is 0 Å². The number of benzene rings is 1. The predicted octanol–water partition coefficient (Wildman–Crippen LogP) is 2.03. The lowest BCUT2D eigenvalue weighted by Crippen LogP contribution is -1.71. The highest BCUT2D eigenvalue weighted by molar-refractivity contribution is 5.56. The normalized spacial score (nSPS) is 9.30. The van der Waals surface area contributed by atoms with E-state index in [0.717, 1.165) is 5.56 Å². The molecular weight excluding hydrogens is 126 g/mol. The van der Waals surface area contributed by atoms with Gasteiger partial charge in [-0.05, 0) is 31.3 Å². The van der Waals surface area contributed by atoms with Crippen LogP contribution in [0.4, 0.5) is 5.69 Å². The third-order valence-corrected chi connectivity index (χ3v) is 1.30. The van der Waals surface area contributed by atoms with Gasteiger partial charge < -0.3 is 5.11 Å². The second-order valence-electron chi connectivity index (χ2n) is 2.15. The molecule has 0 fully saturated rings. The average Bonchev–Trinajstić information content (AvgIpc) is 1.94. The van der Waals surface area contributed by atoms with Crippen LogP contribution < -0.4 is 0 Å². The summed E-state index contributed by atoms with van der Waals surface area (Å²) in [6.07, 6.45) is 0. The first kappa shape index (κ1) is 6.81. The van der Waals surface area contributed by atoms with Crippen LogP contribution in [-0.4, -0.2) is 11.8 Å². The molecule has 0 saturated carbocycles. The Morgan fingerprint density at radius 3 is 2.70 bits per heavy atom. The van der Waals surface area contributed by atoms with Crippen molar-refractivity contribution >= 4 is 12.4 Å². The van der Waals surface area contributed by atoms with E-state index in [1.807, 2.05) is 13.0 Å². The van der Waals surface area contributed by atoms with Crippen LogP contribution in [0.1, 0.15) is 5.56 Å². The Balaban J connectivity index is 3.21. The molecule has 0 heterocycles. The summed E-state index contributed by atoms with van der Waals surface area (Å²) in [5.74, 6) is 0.181. The molecule has 0 aliphatic carbocycles. The highest BCUT2D eigenvalue weighted by Gasteiger charge is 1.95. The second kappa shape index (κ2) is 2.52. The maximum atomic E-state index is 9.10. The van der Waals surface area contributed by atoms with E-state index in [4.69, 9.17) is 5.11 Å². The van der Waals surface area contributed by atoms with Gasteiger partial charge in [-0.1, -0.05) is 6.07 Å². The average molecular weight is 135 g/mol. The number of nitrogens with zero attached hydrogens (tertiary/aromatic N) is 1. The van der Waals surface area contributed by atoms with Crippen molar-refractivity contribution in [3.63, 3.8) is 0 Å². The third-order valence-electron chi connectivity index (χ3n) is 1.30. The molecule has 10 heavy (non-hydrogen) atoms. The molecule has 0 aliphatic heterocycles. The number of aryl methyl sites for hydroxylation is 1. The predicted molar refractivity (Wildman–Crippen MR) is 42.1 cm³/mol. The van der Waals surface area contributed by atoms with Crippen LogP contribution in [-0.2, 0) is 0 Å². The fourth-order valence-electron chi connectivity index (χ4n) is 0.760. The zero-order valence-corrected chi connectivity index (χ0v) is 5.83. The summed E-state index contributed by atoms with van der Waals surface area (Å²) < 4.78 is 0. The van der Waals surface area contributed by atoms with Gasteiger partial charge in [0.15, 0.2) is 0 Å². The Morgan fingerprint density at radius 2 is 2.20 bits per heavy atom. The van der Waals surface area contributed by atoms with Gasteiger partial charge in [0.2, 0.25) is 0 Å². The maximum Gasteiger partial charge on any atom is 0.141 e. The highest BCUT2D eigenvalue weighted by atomic mass is 16.3. The molecule has 0 atom stereocenters. The van der Waals surface area contributed by atoms with Gasteiger partial charge in [-0.25, -0.2) is 0 Å². The molecule has 2 nitrogen and oxygen atoms in total. The van der Waals surface area contributed by atoms with Gasteiger partial charge in [-0.2, -0.15) is 0 Å². The first-order valence-electron chi connectivity index (χ1n) is 3.00. The lowest BCUT2D eigenvalue weighted by molar-refractivity contribution is 0.477. The van der Waals surface area contributed by atoms with Crippen molar-refractivity contribution in [3.05, 3.63) is 23.8 Å². The lowest BCUT2D eigenvalue weighted by Gasteiger charge is -1.97. The summed E-state index contributed by atoms with van der Waals surface area (Å²) in [6.45, 7) is 5.26. The van der Waals surface area contributed by atoms with E-state index in [0.29, 0.717) is 5.69 Å². The van der Waals surface area contributed by atoms with E-state index in [1.165, 1.54) is 0 Å². The maximum absolute atomic E-state index is 9.10. The summed E-state index contributed by atoms with van der Waals surface area (Å²) in [5, 5.41) is 9.10. The Morgan fingerprint density at radius 1 is 1.50 bits per heavy atom. The molecular formula is C8H9NO. The number of aromatic hydroxyl groups is 1. The molecule has 0 aliphatic rings. The summed E-state index contributed by atoms with van der Waals surface area (Å²) in [7, 11) is 0. The smallest absolute Gasteiger partial charge is 0.141 e. The van der Waals surface area contributed by atoms with Gasteiger partial charge in [0.1, 0.15) is 11.4 Å². The number of hydrogen-bond donors (Lipinski definition) is 1. The molecule has 0 spiro atoms. The Hall–Kier alpha value is -1.31. The van der Waals surface area contributed by atoms with E-state index in [9.17, 15) is 0 Å². The molecule has 1 aromatic carbocycles. The van der Waals surface area contributed by atoms with Crippen LogP contribution in [0.3, 0.4) is 0 Å². The number of phenols is 1. The second-order valence-corrected chi connectivity index (χ2v) is 2.15. The molecule has 0 aromatic heterocycles. The summed E-state index contributed by atoms with van der Waals surface area (Å²) in [5.41, 5.74) is 1.61. The minimum absolute atomic E-state index is 0.181. The van der Waals surface area contributed by atoms with Crippen molar-refractivity contribution in [1.29, 1.82) is 0 Å². The minimum Gasteiger partial charge on any atom is -0.506 e. The molecule has 1 aromatic rings. The monoisotopic (exact) mass is 135 g/mol. The van der Waals surface area contributed by atoms with Gasteiger partial charge in [0, 0.05) is 0 Å². The standard InChI is InChI=1S/C8H9NO/c1-6-3-4-8(10)7(5-6)9-2/h3-5,10H,2H2,1H3. The van der Waals surface area contributed by atoms with E-state index in [2.05, 4.69) is 11.7 Å². The van der Waals surface area contributed by atoms with Crippen molar-refractivity contribution in [2.45, 2.75) is 6.92 Å². The van der Waals surface area contributed by atoms with E-state index in [1.54, 1.807) is 12.1 Å². The molecule has 52 valence electrons. The van der Waals surface area contributed by atoms with Crippen LogP contribution in [0.5, 0.6) is 5.75 Å². The Kier molecular flexibility index (Phi) is 1.71.